The average molecular weight is 318 g/mol. The third kappa shape index (κ3) is 4.46. The van der Waals surface area contributed by atoms with Gasteiger partial charge in [-0.1, -0.05) is 18.2 Å². The molecular formula is C16H22N4OS. The molecule has 0 aliphatic heterocycles. The fraction of sp³-hybridized carbons (Fsp3) is 0.375. The van der Waals surface area contributed by atoms with E-state index >= 15 is 0 Å². The summed E-state index contributed by atoms with van der Waals surface area (Å²) < 4.78 is 5.63. The Hall–Kier alpha value is -2.08. The standard InChI is InChI=1S/C16H22N4OS/c1-4-21-14-8-6-5-7-13(14)9-18-16(17-3)19-10-15-12(2)20-11-22-15/h5-8,11H,4,9-10H2,1-3H3,(H2,17,18,19). The van der Waals surface area contributed by atoms with Crippen LogP contribution in [0.4, 0.5) is 0 Å². The molecule has 2 aromatic rings. The molecule has 0 atom stereocenters. The third-order valence-electron chi connectivity index (χ3n) is 3.20. The van der Waals surface area contributed by atoms with Gasteiger partial charge in [0.1, 0.15) is 5.75 Å². The summed E-state index contributed by atoms with van der Waals surface area (Å²) in [6.07, 6.45) is 0. The zero-order valence-corrected chi connectivity index (χ0v) is 14.0. The zero-order chi connectivity index (χ0) is 15.8. The first-order valence-electron chi connectivity index (χ1n) is 7.28. The van der Waals surface area contributed by atoms with Crippen molar-refractivity contribution in [1.29, 1.82) is 0 Å². The van der Waals surface area contributed by atoms with Crippen molar-refractivity contribution in [2.45, 2.75) is 26.9 Å². The Morgan fingerprint density at radius 1 is 1.27 bits per heavy atom. The summed E-state index contributed by atoms with van der Waals surface area (Å²) in [6, 6.07) is 8.03. The molecule has 0 radical (unpaired) electrons. The normalized spacial score (nSPS) is 11.3. The van der Waals surface area contributed by atoms with Gasteiger partial charge in [0, 0.05) is 24.0 Å². The van der Waals surface area contributed by atoms with E-state index in [4.69, 9.17) is 4.74 Å². The minimum Gasteiger partial charge on any atom is -0.494 e. The molecule has 0 aliphatic carbocycles. The maximum atomic E-state index is 5.63. The smallest absolute Gasteiger partial charge is 0.191 e. The molecule has 22 heavy (non-hydrogen) atoms. The molecule has 0 spiro atoms. The Kier molecular flexibility index (Phi) is 6.21. The van der Waals surface area contributed by atoms with E-state index in [0.717, 1.165) is 29.5 Å². The third-order valence-corrected chi connectivity index (χ3v) is 4.14. The molecule has 0 aliphatic rings. The van der Waals surface area contributed by atoms with E-state index in [1.54, 1.807) is 18.4 Å². The Morgan fingerprint density at radius 3 is 2.73 bits per heavy atom. The number of guanidine groups is 1. The number of aliphatic imine (C=N–C) groups is 1. The maximum Gasteiger partial charge on any atom is 0.191 e. The molecule has 2 rings (SSSR count). The van der Waals surface area contributed by atoms with Crippen molar-refractivity contribution in [3.8, 4) is 5.75 Å². The number of hydrogen-bond acceptors (Lipinski definition) is 4. The fourth-order valence-electron chi connectivity index (χ4n) is 2.01. The van der Waals surface area contributed by atoms with Crippen molar-refractivity contribution in [2.75, 3.05) is 13.7 Å². The predicted octanol–water partition coefficient (Wildman–Crippen LogP) is 2.72. The number of para-hydroxylation sites is 1. The molecule has 1 aromatic heterocycles. The second-order valence-electron chi connectivity index (χ2n) is 4.68. The summed E-state index contributed by atoms with van der Waals surface area (Å²) in [5.41, 5.74) is 4.04. The molecule has 6 heteroatoms. The van der Waals surface area contributed by atoms with Gasteiger partial charge in [-0.2, -0.15) is 0 Å². The van der Waals surface area contributed by atoms with Crippen molar-refractivity contribution in [3.05, 3.63) is 45.9 Å². The van der Waals surface area contributed by atoms with E-state index in [0.29, 0.717) is 13.2 Å². The van der Waals surface area contributed by atoms with Crippen LogP contribution >= 0.6 is 11.3 Å². The molecule has 5 nitrogen and oxygen atoms in total. The van der Waals surface area contributed by atoms with Gasteiger partial charge in [0.2, 0.25) is 0 Å². The first-order chi connectivity index (χ1) is 10.7. The number of aromatic nitrogens is 1. The Bertz CT molecular complexity index is 624. The first kappa shape index (κ1) is 16.3. The second-order valence-corrected chi connectivity index (χ2v) is 5.62. The van der Waals surface area contributed by atoms with Gasteiger partial charge in [-0.3, -0.25) is 4.99 Å². The topological polar surface area (TPSA) is 58.5 Å². The van der Waals surface area contributed by atoms with Crippen LogP contribution in [0.3, 0.4) is 0 Å². The van der Waals surface area contributed by atoms with E-state index in [1.807, 2.05) is 37.6 Å². The molecule has 0 bridgehead atoms. The van der Waals surface area contributed by atoms with Crippen molar-refractivity contribution >= 4 is 17.3 Å². The van der Waals surface area contributed by atoms with Gasteiger partial charge >= 0.3 is 0 Å². The molecule has 0 fully saturated rings. The lowest BCUT2D eigenvalue weighted by Gasteiger charge is -2.14. The monoisotopic (exact) mass is 318 g/mol. The van der Waals surface area contributed by atoms with Gasteiger partial charge < -0.3 is 15.4 Å². The summed E-state index contributed by atoms with van der Waals surface area (Å²) >= 11 is 1.65. The number of nitrogens with zero attached hydrogens (tertiary/aromatic N) is 2. The van der Waals surface area contributed by atoms with Crippen LogP contribution in [-0.4, -0.2) is 24.6 Å². The molecule has 0 unspecified atom stereocenters. The highest BCUT2D eigenvalue weighted by Crippen LogP contribution is 2.17. The van der Waals surface area contributed by atoms with Crippen molar-refractivity contribution in [2.24, 2.45) is 4.99 Å². The highest BCUT2D eigenvalue weighted by molar-refractivity contribution is 7.09. The van der Waals surface area contributed by atoms with Crippen molar-refractivity contribution < 1.29 is 4.74 Å². The highest BCUT2D eigenvalue weighted by Gasteiger charge is 2.05. The van der Waals surface area contributed by atoms with Gasteiger partial charge in [-0.05, 0) is 19.9 Å². The fourth-order valence-corrected chi connectivity index (χ4v) is 2.72. The average Bonchev–Trinajstić information content (AvgIpc) is 2.94. The van der Waals surface area contributed by atoms with E-state index < -0.39 is 0 Å². The van der Waals surface area contributed by atoms with Crippen LogP contribution in [0.2, 0.25) is 0 Å². The van der Waals surface area contributed by atoms with Gasteiger partial charge in [-0.15, -0.1) is 11.3 Å². The highest BCUT2D eigenvalue weighted by atomic mass is 32.1. The van der Waals surface area contributed by atoms with Crippen molar-refractivity contribution in [1.82, 2.24) is 15.6 Å². The lowest BCUT2D eigenvalue weighted by molar-refractivity contribution is 0.336. The number of nitrogens with one attached hydrogen (secondary N) is 2. The predicted molar refractivity (Wildman–Crippen MR) is 91.5 cm³/mol. The first-order valence-corrected chi connectivity index (χ1v) is 8.16. The van der Waals surface area contributed by atoms with Crippen LogP contribution < -0.4 is 15.4 Å². The number of benzene rings is 1. The number of rotatable bonds is 6. The quantitative estimate of drug-likeness (QED) is 0.635. The molecule has 0 saturated carbocycles. The minimum atomic E-state index is 0.661. The van der Waals surface area contributed by atoms with E-state index in [2.05, 4.69) is 26.7 Å². The van der Waals surface area contributed by atoms with Crippen LogP contribution in [0.5, 0.6) is 5.75 Å². The molecule has 0 saturated heterocycles. The zero-order valence-electron chi connectivity index (χ0n) is 13.2. The van der Waals surface area contributed by atoms with Crippen molar-refractivity contribution in [3.63, 3.8) is 0 Å². The van der Waals surface area contributed by atoms with Crippen LogP contribution in [0, 0.1) is 6.92 Å². The van der Waals surface area contributed by atoms with Gasteiger partial charge in [0.15, 0.2) is 5.96 Å². The molecule has 2 N–H and O–H groups in total. The van der Waals surface area contributed by atoms with E-state index in [1.165, 1.54) is 4.88 Å². The van der Waals surface area contributed by atoms with Crippen LogP contribution in [0.25, 0.3) is 0 Å². The van der Waals surface area contributed by atoms with Gasteiger partial charge in [-0.25, -0.2) is 4.98 Å². The Labute approximate surface area is 135 Å². The van der Waals surface area contributed by atoms with Gasteiger partial charge in [0.25, 0.3) is 0 Å². The number of thiazole rings is 1. The molecule has 1 aromatic carbocycles. The molecule has 0 amide bonds. The lowest BCUT2D eigenvalue weighted by Crippen LogP contribution is -2.36. The molecule has 118 valence electrons. The Morgan fingerprint density at radius 2 is 2.05 bits per heavy atom. The molecule has 1 heterocycles. The summed E-state index contributed by atoms with van der Waals surface area (Å²) in [4.78, 5) is 9.71. The van der Waals surface area contributed by atoms with E-state index in [-0.39, 0.29) is 0 Å². The summed E-state index contributed by atoms with van der Waals surface area (Å²) in [6.45, 7) is 6.06. The van der Waals surface area contributed by atoms with Crippen LogP contribution in [0.1, 0.15) is 23.1 Å². The molecular weight excluding hydrogens is 296 g/mol. The number of hydrogen-bond donors (Lipinski definition) is 2. The van der Waals surface area contributed by atoms with Crippen LogP contribution in [0.15, 0.2) is 34.8 Å². The summed E-state index contributed by atoms with van der Waals surface area (Å²) in [5.74, 6) is 1.67. The summed E-state index contributed by atoms with van der Waals surface area (Å²) in [7, 11) is 1.77. The summed E-state index contributed by atoms with van der Waals surface area (Å²) in [5, 5.41) is 6.61. The number of ether oxygens (including phenoxy) is 1. The SMILES string of the molecule is CCOc1ccccc1CNC(=NC)NCc1scnc1C. The Balaban J connectivity index is 1.90. The van der Waals surface area contributed by atoms with Crippen LogP contribution in [-0.2, 0) is 13.1 Å². The van der Waals surface area contributed by atoms with Gasteiger partial charge in [0.05, 0.1) is 24.4 Å². The minimum absolute atomic E-state index is 0.661. The maximum absolute atomic E-state index is 5.63. The van der Waals surface area contributed by atoms with E-state index in [9.17, 15) is 0 Å². The second kappa shape index (κ2) is 8.38. The largest absolute Gasteiger partial charge is 0.494 e. The lowest BCUT2D eigenvalue weighted by atomic mass is 10.2. The number of aryl methyl sites for hydroxylation is 1.